The van der Waals surface area contributed by atoms with Crippen LogP contribution in [0.3, 0.4) is 0 Å². The number of thioether (sulfide) groups is 1. The molecule has 1 aliphatic rings. The molecule has 1 fully saturated rings. The second-order valence-electron chi connectivity index (χ2n) is 4.76. The number of aryl methyl sites for hydroxylation is 1. The maximum absolute atomic E-state index is 11.4. The van der Waals surface area contributed by atoms with Gasteiger partial charge in [-0.2, -0.15) is 16.9 Å². The van der Waals surface area contributed by atoms with Crippen LogP contribution >= 0.6 is 11.8 Å². The number of nitrogens with zero attached hydrogens (tertiary/aromatic N) is 2. The summed E-state index contributed by atoms with van der Waals surface area (Å²) in [5, 5.41) is 7.78. The van der Waals surface area contributed by atoms with Gasteiger partial charge in [-0.05, 0) is 18.6 Å². The summed E-state index contributed by atoms with van der Waals surface area (Å²) in [7, 11) is -2.92. The van der Waals surface area contributed by atoms with Crippen molar-refractivity contribution in [2.45, 2.75) is 32.4 Å². The van der Waals surface area contributed by atoms with Gasteiger partial charge >= 0.3 is 0 Å². The Morgan fingerprint density at radius 2 is 2.42 bits per heavy atom. The maximum Gasteiger partial charge on any atom is 0.151 e. The smallest absolute Gasteiger partial charge is 0.151 e. The monoisotopic (exact) mass is 303 g/mol. The molecule has 0 aromatic carbocycles. The van der Waals surface area contributed by atoms with Gasteiger partial charge < -0.3 is 5.32 Å². The quantitative estimate of drug-likeness (QED) is 0.865. The Labute approximate surface area is 119 Å². The van der Waals surface area contributed by atoms with Crippen LogP contribution < -0.4 is 5.32 Å². The van der Waals surface area contributed by atoms with Gasteiger partial charge in [-0.1, -0.05) is 6.92 Å². The molecule has 5 nitrogen and oxygen atoms in total. The Hall–Kier alpha value is -0.690. The molecule has 0 amide bonds. The van der Waals surface area contributed by atoms with E-state index in [0.717, 1.165) is 11.6 Å². The molecule has 7 heteroatoms. The minimum absolute atomic E-state index is 0.157. The summed E-state index contributed by atoms with van der Waals surface area (Å²) in [5.74, 6) is 3.57. The van der Waals surface area contributed by atoms with Gasteiger partial charge in [0.15, 0.2) is 9.84 Å². The number of rotatable bonds is 6. The van der Waals surface area contributed by atoms with Crippen molar-refractivity contribution in [2.24, 2.45) is 0 Å². The molecule has 0 saturated carbocycles. The Morgan fingerprint density at radius 1 is 1.58 bits per heavy atom. The van der Waals surface area contributed by atoms with Crippen molar-refractivity contribution in [2.75, 3.05) is 28.3 Å². The summed E-state index contributed by atoms with van der Waals surface area (Å²) in [4.78, 5) is 0. The summed E-state index contributed by atoms with van der Waals surface area (Å²) in [6.45, 7) is 2.10. The van der Waals surface area contributed by atoms with Crippen molar-refractivity contribution in [1.82, 2.24) is 9.78 Å². The molecule has 1 N–H and O–H groups in total. The highest BCUT2D eigenvalue weighted by Crippen LogP contribution is 2.19. The summed E-state index contributed by atoms with van der Waals surface area (Å²) in [5.41, 5.74) is 0. The lowest BCUT2D eigenvalue weighted by atomic mass is 10.2. The fraction of sp³-hybridized carbons (Fsp3) is 0.750. The van der Waals surface area contributed by atoms with E-state index < -0.39 is 9.84 Å². The number of anilines is 1. The van der Waals surface area contributed by atoms with Gasteiger partial charge in [0.1, 0.15) is 5.82 Å². The highest BCUT2D eigenvalue weighted by atomic mass is 32.2. The van der Waals surface area contributed by atoms with E-state index in [9.17, 15) is 8.42 Å². The van der Waals surface area contributed by atoms with Crippen molar-refractivity contribution < 1.29 is 8.42 Å². The van der Waals surface area contributed by atoms with E-state index in [1.165, 1.54) is 18.6 Å². The number of hydrogen-bond donors (Lipinski definition) is 1. The average molecular weight is 303 g/mol. The van der Waals surface area contributed by atoms with E-state index in [2.05, 4.69) is 10.4 Å². The van der Waals surface area contributed by atoms with E-state index in [0.29, 0.717) is 12.6 Å². The number of sulfone groups is 1. The molecular formula is C12H21N3O2S2. The van der Waals surface area contributed by atoms with Crippen molar-refractivity contribution in [3.8, 4) is 0 Å². The third-order valence-electron chi connectivity index (χ3n) is 3.22. The molecule has 2 heterocycles. The van der Waals surface area contributed by atoms with Crippen molar-refractivity contribution in [1.29, 1.82) is 0 Å². The zero-order valence-electron chi connectivity index (χ0n) is 11.2. The molecule has 0 bridgehead atoms. The Morgan fingerprint density at radius 3 is 3.11 bits per heavy atom. The van der Waals surface area contributed by atoms with E-state index in [1.54, 1.807) is 11.6 Å². The molecule has 108 valence electrons. The molecule has 1 saturated heterocycles. The van der Waals surface area contributed by atoms with E-state index in [-0.39, 0.29) is 11.5 Å². The first-order chi connectivity index (χ1) is 9.09. The minimum atomic E-state index is -2.92. The van der Waals surface area contributed by atoms with E-state index in [4.69, 9.17) is 0 Å². The van der Waals surface area contributed by atoms with Crippen LogP contribution in [-0.4, -0.2) is 47.3 Å². The Bertz CT molecular complexity index is 493. The van der Waals surface area contributed by atoms with Gasteiger partial charge in [-0.25, -0.2) is 8.42 Å². The molecular weight excluding hydrogens is 282 g/mol. The molecule has 1 unspecified atom stereocenters. The Kier molecular flexibility index (Phi) is 5.15. The first-order valence-corrected chi connectivity index (χ1v) is 9.65. The van der Waals surface area contributed by atoms with Gasteiger partial charge in [0, 0.05) is 29.8 Å². The van der Waals surface area contributed by atoms with E-state index in [1.807, 2.05) is 24.0 Å². The van der Waals surface area contributed by atoms with Crippen LogP contribution in [0.1, 0.15) is 19.8 Å². The zero-order chi connectivity index (χ0) is 13.7. The van der Waals surface area contributed by atoms with Crippen LogP contribution in [0.15, 0.2) is 12.3 Å². The number of hydrogen-bond acceptors (Lipinski definition) is 5. The number of nitrogens with one attached hydrogen (secondary N) is 1. The topological polar surface area (TPSA) is 64.0 Å². The van der Waals surface area contributed by atoms with Gasteiger partial charge in [0.05, 0.1) is 12.3 Å². The highest BCUT2D eigenvalue weighted by Gasteiger charge is 2.14. The second-order valence-corrected chi connectivity index (χ2v) is 8.38. The minimum Gasteiger partial charge on any atom is -0.365 e. The predicted octanol–water partition coefficient (Wildman–Crippen LogP) is 1.63. The summed E-state index contributed by atoms with van der Waals surface area (Å²) in [6, 6.07) is 2.40. The fourth-order valence-corrected chi connectivity index (χ4v) is 3.83. The number of aromatic nitrogens is 2. The summed E-state index contributed by atoms with van der Waals surface area (Å²) < 4.78 is 24.6. The fourth-order valence-electron chi connectivity index (χ4n) is 2.00. The molecule has 1 atom stereocenters. The molecule has 19 heavy (non-hydrogen) atoms. The van der Waals surface area contributed by atoms with Crippen molar-refractivity contribution in [3.05, 3.63) is 12.3 Å². The first kappa shape index (κ1) is 14.7. The SMILES string of the molecule is CCS(=O)(=O)CCn1ccc(NC2CCCSC2)n1. The van der Waals surface area contributed by atoms with Gasteiger partial charge in [-0.15, -0.1) is 0 Å². The third-order valence-corrected chi connectivity index (χ3v) is 6.12. The molecule has 0 radical (unpaired) electrons. The predicted molar refractivity (Wildman–Crippen MR) is 80.5 cm³/mol. The molecule has 0 aliphatic carbocycles. The lowest BCUT2D eigenvalue weighted by Crippen LogP contribution is -2.26. The van der Waals surface area contributed by atoms with Crippen LogP contribution in [-0.2, 0) is 16.4 Å². The van der Waals surface area contributed by atoms with Crippen LogP contribution in [0, 0.1) is 0 Å². The Balaban J connectivity index is 1.84. The normalized spacial score (nSPS) is 20.4. The van der Waals surface area contributed by atoms with Crippen molar-refractivity contribution >= 4 is 27.4 Å². The molecule has 2 rings (SSSR count). The molecule has 1 aliphatic heterocycles. The standard InChI is InChI=1S/C12H21N3O2S2/c1-2-19(16,17)9-7-15-6-5-12(14-15)13-11-4-3-8-18-10-11/h5-6,11H,2-4,7-10H2,1H3,(H,13,14). The van der Waals surface area contributed by atoms with Gasteiger partial charge in [-0.3, -0.25) is 4.68 Å². The lowest BCUT2D eigenvalue weighted by molar-refractivity contribution is 0.581. The van der Waals surface area contributed by atoms with Gasteiger partial charge in [0.25, 0.3) is 0 Å². The summed E-state index contributed by atoms with van der Waals surface area (Å²) in [6.07, 6.45) is 4.27. The van der Waals surface area contributed by atoms with Crippen LogP contribution in [0.5, 0.6) is 0 Å². The third kappa shape index (κ3) is 4.72. The largest absolute Gasteiger partial charge is 0.365 e. The van der Waals surface area contributed by atoms with E-state index >= 15 is 0 Å². The first-order valence-electron chi connectivity index (χ1n) is 6.67. The second kappa shape index (κ2) is 6.65. The molecule has 0 spiro atoms. The highest BCUT2D eigenvalue weighted by molar-refractivity contribution is 7.99. The summed E-state index contributed by atoms with van der Waals surface area (Å²) >= 11 is 1.97. The van der Waals surface area contributed by atoms with Crippen LogP contribution in [0.25, 0.3) is 0 Å². The lowest BCUT2D eigenvalue weighted by Gasteiger charge is -2.22. The van der Waals surface area contributed by atoms with Crippen molar-refractivity contribution in [3.63, 3.8) is 0 Å². The maximum atomic E-state index is 11.4. The molecule has 1 aromatic heterocycles. The van der Waals surface area contributed by atoms with Gasteiger partial charge in [0.2, 0.25) is 0 Å². The van der Waals surface area contributed by atoms with Crippen LogP contribution in [0.2, 0.25) is 0 Å². The average Bonchev–Trinajstić information content (AvgIpc) is 2.86. The zero-order valence-corrected chi connectivity index (χ0v) is 12.8. The van der Waals surface area contributed by atoms with Crippen LogP contribution in [0.4, 0.5) is 5.82 Å². The molecule has 1 aromatic rings.